The molecule has 0 radical (unpaired) electrons. The third kappa shape index (κ3) is 2.07. The highest BCUT2D eigenvalue weighted by Gasteiger charge is 2.35. The lowest BCUT2D eigenvalue weighted by atomic mass is 10.1. The van der Waals surface area contributed by atoms with Crippen molar-refractivity contribution in [1.82, 2.24) is 0 Å². The van der Waals surface area contributed by atoms with Crippen LogP contribution in [0.2, 0.25) is 0 Å². The van der Waals surface area contributed by atoms with Crippen molar-refractivity contribution in [2.45, 2.75) is 4.90 Å². The predicted molar refractivity (Wildman–Crippen MR) is 58.3 cm³/mol. The molecule has 0 saturated carbocycles. The first-order chi connectivity index (χ1) is 10.0. The predicted octanol–water partition coefficient (Wildman–Crippen LogP) is 2.17. The van der Waals surface area contributed by atoms with Crippen LogP contribution in [-0.2, 0) is 10.1 Å². The smallest absolute Gasteiger partial charge is 0.298 e. The van der Waals surface area contributed by atoms with E-state index in [4.69, 9.17) is 4.55 Å². The van der Waals surface area contributed by atoms with E-state index in [1.165, 1.54) is 0 Å². The van der Waals surface area contributed by atoms with Gasteiger partial charge in [0.25, 0.3) is 10.1 Å². The Morgan fingerprint density at radius 1 is 0.773 bits per heavy atom. The maximum absolute atomic E-state index is 13.7. The van der Waals surface area contributed by atoms with Crippen LogP contribution >= 0.6 is 0 Å². The van der Waals surface area contributed by atoms with Crippen LogP contribution in [0.1, 0.15) is 0 Å². The zero-order valence-corrected chi connectivity index (χ0v) is 10.7. The monoisotopic (exact) mass is 347 g/mol. The molecule has 120 valence electrons. The van der Waals surface area contributed by atoms with Crippen LogP contribution in [-0.4, -0.2) is 13.0 Å². The molecule has 0 amide bonds. The van der Waals surface area contributed by atoms with Crippen molar-refractivity contribution < 1.29 is 44.2 Å². The number of hydrogen-bond acceptors (Lipinski definition) is 4. The molecule has 0 saturated heterocycles. The molecule has 0 atom stereocenters. The summed E-state index contributed by atoms with van der Waals surface area (Å²) >= 11 is 0. The van der Waals surface area contributed by atoms with E-state index >= 15 is 0 Å². The minimum absolute atomic E-state index is 1.62. The number of halogens is 6. The second-order valence-electron chi connectivity index (χ2n) is 3.89. The molecule has 2 rings (SSSR count). The summed E-state index contributed by atoms with van der Waals surface area (Å²) in [5.74, 6) is -11.4. The van der Waals surface area contributed by atoms with E-state index in [1.807, 2.05) is 0 Å². The van der Waals surface area contributed by atoms with Crippen LogP contribution in [0.5, 0.6) is 5.75 Å². The normalized spacial score (nSPS) is 12.0. The van der Waals surface area contributed by atoms with Crippen LogP contribution in [0.25, 0.3) is 10.8 Å². The summed E-state index contributed by atoms with van der Waals surface area (Å²) in [6, 6.07) is 0. The number of fused-ring (bicyclic) bond motifs is 1. The molecule has 0 aliphatic rings. The second kappa shape index (κ2) is 5.00. The SMILES string of the molecule is NOc1c(F)c(F)c(S(=O)(=O)O)c2c(F)c(F)c(F)c(F)c12. The zero-order valence-electron chi connectivity index (χ0n) is 9.93. The van der Waals surface area contributed by atoms with Crippen LogP contribution < -0.4 is 10.7 Å². The third-order valence-corrected chi connectivity index (χ3v) is 3.59. The van der Waals surface area contributed by atoms with E-state index in [0.29, 0.717) is 0 Å². The van der Waals surface area contributed by atoms with Crippen LogP contribution in [0.4, 0.5) is 26.3 Å². The summed E-state index contributed by atoms with van der Waals surface area (Å²) in [7, 11) is -5.68. The van der Waals surface area contributed by atoms with Crippen molar-refractivity contribution in [3.63, 3.8) is 0 Å². The maximum Gasteiger partial charge on any atom is 0.298 e. The zero-order chi connectivity index (χ0) is 17.0. The van der Waals surface area contributed by atoms with Crippen molar-refractivity contribution in [1.29, 1.82) is 0 Å². The summed E-state index contributed by atoms with van der Waals surface area (Å²) in [4.78, 5) is 1.62. The summed E-state index contributed by atoms with van der Waals surface area (Å²) < 4.78 is 112. The summed E-state index contributed by atoms with van der Waals surface area (Å²) in [6.45, 7) is 0. The van der Waals surface area contributed by atoms with Gasteiger partial charge in [0.15, 0.2) is 34.8 Å². The molecular formula is C10H3F6NO4S. The largest absolute Gasteiger partial charge is 0.407 e. The van der Waals surface area contributed by atoms with Crippen LogP contribution in [0.3, 0.4) is 0 Å². The Balaban J connectivity index is 3.35. The fourth-order valence-corrected chi connectivity index (χ4v) is 2.60. The minimum atomic E-state index is -5.68. The highest BCUT2D eigenvalue weighted by molar-refractivity contribution is 7.86. The van der Waals surface area contributed by atoms with Gasteiger partial charge in [-0.15, -0.1) is 0 Å². The molecule has 0 heterocycles. The first kappa shape index (κ1) is 16.3. The molecule has 22 heavy (non-hydrogen) atoms. The van der Waals surface area contributed by atoms with Crippen LogP contribution in [0.15, 0.2) is 4.90 Å². The van der Waals surface area contributed by atoms with Gasteiger partial charge < -0.3 is 4.84 Å². The van der Waals surface area contributed by atoms with Gasteiger partial charge in [0, 0.05) is 0 Å². The molecule has 0 aromatic heterocycles. The first-order valence-electron chi connectivity index (χ1n) is 5.04. The average molecular weight is 347 g/mol. The highest BCUT2D eigenvalue weighted by atomic mass is 32.2. The quantitative estimate of drug-likeness (QED) is 0.286. The van der Waals surface area contributed by atoms with Crippen molar-refractivity contribution in [2.75, 3.05) is 0 Å². The van der Waals surface area contributed by atoms with Gasteiger partial charge in [-0.25, -0.2) is 22.0 Å². The number of nitrogens with two attached hydrogens (primary N) is 1. The van der Waals surface area contributed by atoms with Gasteiger partial charge in [-0.2, -0.15) is 18.7 Å². The van der Waals surface area contributed by atoms with Gasteiger partial charge in [0.2, 0.25) is 5.82 Å². The van der Waals surface area contributed by atoms with E-state index < -0.39 is 66.4 Å². The van der Waals surface area contributed by atoms with Gasteiger partial charge in [-0.05, 0) is 0 Å². The average Bonchev–Trinajstić information content (AvgIpc) is 2.43. The lowest BCUT2D eigenvalue weighted by Gasteiger charge is -2.13. The highest BCUT2D eigenvalue weighted by Crippen LogP contribution is 2.40. The Morgan fingerprint density at radius 2 is 1.23 bits per heavy atom. The van der Waals surface area contributed by atoms with E-state index in [2.05, 4.69) is 10.7 Å². The van der Waals surface area contributed by atoms with E-state index in [0.717, 1.165) is 0 Å². The fourth-order valence-electron chi connectivity index (χ4n) is 1.83. The molecule has 0 bridgehead atoms. The Kier molecular flexibility index (Phi) is 3.71. The number of benzene rings is 2. The molecule has 0 aliphatic carbocycles. The molecule has 12 heteroatoms. The molecule has 2 aromatic carbocycles. The summed E-state index contributed by atoms with van der Waals surface area (Å²) in [5.41, 5.74) is 0. The van der Waals surface area contributed by atoms with Gasteiger partial charge in [0.05, 0.1) is 10.8 Å². The molecule has 0 aliphatic heterocycles. The van der Waals surface area contributed by atoms with Gasteiger partial charge in [-0.3, -0.25) is 4.55 Å². The number of rotatable bonds is 2. The minimum Gasteiger partial charge on any atom is -0.407 e. The van der Waals surface area contributed by atoms with E-state index in [-0.39, 0.29) is 0 Å². The standard InChI is InChI=1S/C10H3F6NO4S/c11-3-1-2(4(12)6(14)5(3)13)10(22(18,19)20)8(16)7(15)9(1)21-17/h17H2,(H,18,19,20). The maximum atomic E-state index is 13.7. The molecule has 2 aromatic rings. The molecule has 0 spiro atoms. The van der Waals surface area contributed by atoms with Gasteiger partial charge in [-0.1, -0.05) is 0 Å². The third-order valence-electron chi connectivity index (χ3n) is 2.69. The fraction of sp³-hybridized carbons (Fsp3) is 0. The Morgan fingerprint density at radius 3 is 1.64 bits per heavy atom. The summed E-state index contributed by atoms with van der Waals surface area (Å²) in [5, 5.41) is -3.43. The van der Waals surface area contributed by atoms with Crippen molar-refractivity contribution in [2.24, 2.45) is 5.90 Å². The Hall–Kier alpha value is -2.05. The van der Waals surface area contributed by atoms with E-state index in [9.17, 15) is 34.8 Å². The van der Waals surface area contributed by atoms with Crippen LogP contribution in [0, 0.1) is 34.9 Å². The van der Waals surface area contributed by atoms with Gasteiger partial charge >= 0.3 is 0 Å². The summed E-state index contributed by atoms with van der Waals surface area (Å²) in [6.07, 6.45) is 0. The van der Waals surface area contributed by atoms with Crippen molar-refractivity contribution in [3.8, 4) is 5.75 Å². The van der Waals surface area contributed by atoms with Crippen molar-refractivity contribution in [3.05, 3.63) is 34.9 Å². The molecule has 3 N–H and O–H groups in total. The van der Waals surface area contributed by atoms with Gasteiger partial charge in [0.1, 0.15) is 4.90 Å². The molecule has 5 nitrogen and oxygen atoms in total. The lowest BCUT2D eigenvalue weighted by molar-refractivity contribution is 0.308. The van der Waals surface area contributed by atoms with E-state index in [1.54, 1.807) is 0 Å². The Labute approximate surface area is 117 Å². The van der Waals surface area contributed by atoms with Crippen molar-refractivity contribution >= 4 is 20.9 Å². The number of hydrogen-bond donors (Lipinski definition) is 2. The first-order valence-corrected chi connectivity index (χ1v) is 6.48. The lowest BCUT2D eigenvalue weighted by Crippen LogP contribution is -2.13. The molecular weight excluding hydrogens is 344 g/mol. The second-order valence-corrected chi connectivity index (χ2v) is 5.24. The topological polar surface area (TPSA) is 89.6 Å². The Bertz CT molecular complexity index is 914. The molecule has 0 fully saturated rings. The molecule has 0 unspecified atom stereocenters.